The summed E-state index contributed by atoms with van der Waals surface area (Å²) < 4.78 is 6.64. The Bertz CT molecular complexity index is 400. The lowest BCUT2D eigenvalue weighted by Crippen LogP contribution is -2.50. The van der Waals surface area contributed by atoms with Gasteiger partial charge in [0, 0.05) is 48.6 Å². The molecule has 4 nitrogen and oxygen atoms in total. The van der Waals surface area contributed by atoms with Crippen molar-refractivity contribution in [2.45, 2.75) is 32.5 Å². The van der Waals surface area contributed by atoms with Crippen molar-refractivity contribution in [1.82, 2.24) is 15.2 Å². The zero-order valence-electron chi connectivity index (χ0n) is 11.6. The number of morpholine rings is 1. The third-order valence-corrected chi connectivity index (χ3v) is 3.69. The third-order valence-electron chi connectivity index (χ3n) is 3.26. The zero-order chi connectivity index (χ0) is 13.7. The van der Waals surface area contributed by atoms with Crippen LogP contribution in [0.15, 0.2) is 22.9 Å². The predicted molar refractivity (Wildman–Crippen MR) is 80.1 cm³/mol. The highest BCUT2D eigenvalue weighted by Crippen LogP contribution is 2.15. The van der Waals surface area contributed by atoms with Crippen LogP contribution in [0, 0.1) is 0 Å². The first-order valence-electron chi connectivity index (χ1n) is 6.80. The largest absolute Gasteiger partial charge is 0.378 e. The quantitative estimate of drug-likeness (QED) is 0.898. The SMILES string of the molecule is CC(C)NCC1COCCN1Cc1cncc(Br)c1. The normalized spacial score (nSPS) is 20.9. The van der Waals surface area contributed by atoms with Gasteiger partial charge in [-0.05, 0) is 27.6 Å². The summed E-state index contributed by atoms with van der Waals surface area (Å²) in [6, 6.07) is 3.08. The standard InChI is InChI=1S/C14H22BrN3O/c1-11(2)17-8-14-10-19-4-3-18(14)9-12-5-13(15)7-16-6-12/h5-7,11,14,17H,3-4,8-10H2,1-2H3. The number of nitrogens with zero attached hydrogens (tertiary/aromatic N) is 2. The zero-order valence-corrected chi connectivity index (χ0v) is 13.2. The number of aromatic nitrogens is 1. The van der Waals surface area contributed by atoms with Crippen molar-refractivity contribution in [2.75, 3.05) is 26.3 Å². The van der Waals surface area contributed by atoms with Gasteiger partial charge < -0.3 is 10.1 Å². The van der Waals surface area contributed by atoms with Crippen molar-refractivity contribution in [3.05, 3.63) is 28.5 Å². The average molecular weight is 328 g/mol. The predicted octanol–water partition coefficient (Wildman–Crippen LogP) is 2.04. The molecule has 0 amide bonds. The topological polar surface area (TPSA) is 37.4 Å². The van der Waals surface area contributed by atoms with E-state index in [1.54, 1.807) is 0 Å². The van der Waals surface area contributed by atoms with E-state index in [-0.39, 0.29) is 0 Å². The Morgan fingerprint density at radius 2 is 2.37 bits per heavy atom. The van der Waals surface area contributed by atoms with Crippen molar-refractivity contribution >= 4 is 15.9 Å². The molecule has 1 aliphatic rings. The fourth-order valence-electron chi connectivity index (χ4n) is 2.23. The van der Waals surface area contributed by atoms with Crippen LogP contribution in [-0.4, -0.2) is 48.3 Å². The molecule has 1 aromatic rings. The van der Waals surface area contributed by atoms with Crippen molar-refractivity contribution in [1.29, 1.82) is 0 Å². The van der Waals surface area contributed by atoms with E-state index < -0.39 is 0 Å². The van der Waals surface area contributed by atoms with E-state index in [4.69, 9.17) is 4.74 Å². The van der Waals surface area contributed by atoms with Gasteiger partial charge in [0.15, 0.2) is 0 Å². The third kappa shape index (κ3) is 4.84. The molecule has 1 aliphatic heterocycles. The highest BCUT2D eigenvalue weighted by atomic mass is 79.9. The lowest BCUT2D eigenvalue weighted by atomic mass is 10.1. The van der Waals surface area contributed by atoms with Gasteiger partial charge in [0.05, 0.1) is 13.2 Å². The van der Waals surface area contributed by atoms with Gasteiger partial charge in [0.25, 0.3) is 0 Å². The Hall–Kier alpha value is -0.490. The number of halogens is 1. The molecule has 0 bridgehead atoms. The van der Waals surface area contributed by atoms with Crippen LogP contribution in [0.4, 0.5) is 0 Å². The summed E-state index contributed by atoms with van der Waals surface area (Å²) >= 11 is 3.47. The van der Waals surface area contributed by atoms with Gasteiger partial charge in [-0.2, -0.15) is 0 Å². The van der Waals surface area contributed by atoms with Gasteiger partial charge in [0.1, 0.15) is 0 Å². The number of pyridine rings is 1. The summed E-state index contributed by atoms with van der Waals surface area (Å²) in [5, 5.41) is 3.50. The molecule has 0 aliphatic carbocycles. The Kier molecular flexibility index (Phi) is 5.76. The number of ether oxygens (including phenoxy) is 1. The maximum absolute atomic E-state index is 5.60. The molecule has 19 heavy (non-hydrogen) atoms. The van der Waals surface area contributed by atoms with Gasteiger partial charge in [-0.3, -0.25) is 9.88 Å². The Morgan fingerprint density at radius 3 is 3.11 bits per heavy atom. The van der Waals surface area contributed by atoms with Crippen LogP contribution in [0.2, 0.25) is 0 Å². The van der Waals surface area contributed by atoms with Crippen LogP contribution in [0.5, 0.6) is 0 Å². The van der Waals surface area contributed by atoms with Gasteiger partial charge >= 0.3 is 0 Å². The van der Waals surface area contributed by atoms with Crippen molar-refractivity contribution in [3.8, 4) is 0 Å². The summed E-state index contributed by atoms with van der Waals surface area (Å²) in [7, 11) is 0. The summed E-state index contributed by atoms with van der Waals surface area (Å²) in [4.78, 5) is 6.70. The second-order valence-corrected chi connectivity index (χ2v) is 6.19. The maximum Gasteiger partial charge on any atom is 0.0635 e. The summed E-state index contributed by atoms with van der Waals surface area (Å²) in [5.74, 6) is 0. The molecule has 2 heterocycles. The van der Waals surface area contributed by atoms with Gasteiger partial charge in [-0.15, -0.1) is 0 Å². The van der Waals surface area contributed by atoms with Gasteiger partial charge in [0.2, 0.25) is 0 Å². The van der Waals surface area contributed by atoms with Crippen LogP contribution < -0.4 is 5.32 Å². The van der Waals surface area contributed by atoms with E-state index in [2.05, 4.69) is 51.0 Å². The number of hydrogen-bond acceptors (Lipinski definition) is 4. The monoisotopic (exact) mass is 327 g/mol. The summed E-state index contributed by atoms with van der Waals surface area (Å²) in [5.41, 5.74) is 1.24. The van der Waals surface area contributed by atoms with E-state index in [0.29, 0.717) is 12.1 Å². The summed E-state index contributed by atoms with van der Waals surface area (Å²) in [6.07, 6.45) is 3.76. The molecule has 1 aromatic heterocycles. The van der Waals surface area contributed by atoms with Crippen LogP contribution >= 0.6 is 15.9 Å². The molecule has 1 atom stereocenters. The lowest BCUT2D eigenvalue weighted by molar-refractivity contribution is -0.0115. The van der Waals surface area contributed by atoms with E-state index in [0.717, 1.165) is 37.3 Å². The molecular weight excluding hydrogens is 306 g/mol. The highest BCUT2D eigenvalue weighted by molar-refractivity contribution is 9.10. The Balaban J connectivity index is 1.95. The molecule has 1 fully saturated rings. The van der Waals surface area contributed by atoms with E-state index in [1.807, 2.05) is 12.4 Å². The summed E-state index contributed by atoms with van der Waals surface area (Å²) in [6.45, 7) is 8.86. The van der Waals surface area contributed by atoms with Crippen LogP contribution in [0.1, 0.15) is 19.4 Å². The highest BCUT2D eigenvalue weighted by Gasteiger charge is 2.23. The molecule has 2 rings (SSSR count). The molecule has 5 heteroatoms. The minimum atomic E-state index is 0.440. The van der Waals surface area contributed by atoms with E-state index in [1.165, 1.54) is 5.56 Å². The molecule has 0 aromatic carbocycles. The Labute approximate surface area is 123 Å². The first kappa shape index (κ1) is 14.9. The molecule has 0 radical (unpaired) electrons. The first-order chi connectivity index (χ1) is 9.15. The number of rotatable bonds is 5. The fourth-order valence-corrected chi connectivity index (χ4v) is 2.65. The maximum atomic E-state index is 5.60. The molecular formula is C14H22BrN3O. The van der Waals surface area contributed by atoms with Crippen LogP contribution in [-0.2, 0) is 11.3 Å². The van der Waals surface area contributed by atoms with E-state index >= 15 is 0 Å². The number of nitrogens with one attached hydrogen (secondary N) is 1. The lowest BCUT2D eigenvalue weighted by Gasteiger charge is -2.36. The molecule has 0 spiro atoms. The molecule has 0 saturated carbocycles. The molecule has 1 unspecified atom stereocenters. The second kappa shape index (κ2) is 7.33. The van der Waals surface area contributed by atoms with Crippen LogP contribution in [0.3, 0.4) is 0 Å². The minimum Gasteiger partial charge on any atom is -0.378 e. The van der Waals surface area contributed by atoms with Crippen molar-refractivity contribution in [3.63, 3.8) is 0 Å². The first-order valence-corrected chi connectivity index (χ1v) is 7.59. The average Bonchev–Trinajstić information content (AvgIpc) is 2.38. The second-order valence-electron chi connectivity index (χ2n) is 5.27. The molecule has 1 saturated heterocycles. The van der Waals surface area contributed by atoms with Gasteiger partial charge in [-0.25, -0.2) is 0 Å². The molecule has 1 N–H and O–H groups in total. The molecule has 106 valence electrons. The van der Waals surface area contributed by atoms with Crippen LogP contribution in [0.25, 0.3) is 0 Å². The smallest absolute Gasteiger partial charge is 0.0635 e. The van der Waals surface area contributed by atoms with Gasteiger partial charge in [-0.1, -0.05) is 13.8 Å². The number of hydrogen-bond donors (Lipinski definition) is 1. The Morgan fingerprint density at radius 1 is 1.53 bits per heavy atom. The van der Waals surface area contributed by atoms with Crippen molar-refractivity contribution in [2.24, 2.45) is 0 Å². The van der Waals surface area contributed by atoms with Crippen molar-refractivity contribution < 1.29 is 4.74 Å². The van der Waals surface area contributed by atoms with E-state index in [9.17, 15) is 0 Å². The minimum absolute atomic E-state index is 0.440. The fraction of sp³-hybridized carbons (Fsp3) is 0.643.